The maximum atomic E-state index is 10.8. The quantitative estimate of drug-likeness (QED) is 0.634. The summed E-state index contributed by atoms with van der Waals surface area (Å²) in [4.78, 5) is 0. The van der Waals surface area contributed by atoms with Crippen LogP contribution in [-0.2, 0) is 17.7 Å². The lowest BCUT2D eigenvalue weighted by Gasteiger charge is -2.31. The number of nitrogens with zero attached hydrogens (tertiary/aromatic N) is 1. The van der Waals surface area contributed by atoms with Gasteiger partial charge in [0.25, 0.3) is 0 Å². The first kappa shape index (κ1) is 8.72. The van der Waals surface area contributed by atoms with Crippen molar-refractivity contribution in [2.45, 2.75) is 12.8 Å². The Balaban J connectivity index is 2.42. The molecule has 13 heavy (non-hydrogen) atoms. The Morgan fingerprint density at radius 1 is 1.38 bits per heavy atom. The zero-order valence-corrected chi connectivity index (χ0v) is 7.92. The van der Waals surface area contributed by atoms with Crippen molar-refractivity contribution in [1.82, 2.24) is 0 Å². The molecule has 0 fully saturated rings. The Kier molecular flexibility index (Phi) is 2.33. The van der Waals surface area contributed by atoms with Gasteiger partial charge >= 0.3 is 0 Å². The van der Waals surface area contributed by atoms with Gasteiger partial charge in [-0.05, 0) is 24.5 Å². The van der Waals surface area contributed by atoms with Crippen LogP contribution in [0.25, 0.3) is 0 Å². The third-order valence-corrected chi connectivity index (χ3v) is 2.99. The van der Waals surface area contributed by atoms with E-state index >= 15 is 0 Å². The van der Waals surface area contributed by atoms with Crippen LogP contribution in [0, 0.1) is 0 Å². The van der Waals surface area contributed by atoms with Crippen molar-refractivity contribution >= 4 is 17.0 Å². The fraction of sp³-hybridized carbons (Fsp3) is 0.333. The number of anilines is 1. The molecule has 4 heteroatoms. The summed E-state index contributed by atoms with van der Waals surface area (Å²) in [5.74, 6) is 0. The van der Waals surface area contributed by atoms with E-state index in [0.717, 1.165) is 24.1 Å². The van der Waals surface area contributed by atoms with Gasteiger partial charge in [0.15, 0.2) is 0 Å². The lowest BCUT2D eigenvalue weighted by atomic mass is 10.0. The van der Waals surface area contributed by atoms with Gasteiger partial charge in [-0.2, -0.15) is 0 Å². The number of benzene rings is 1. The van der Waals surface area contributed by atoms with E-state index < -0.39 is 11.3 Å². The van der Waals surface area contributed by atoms with Gasteiger partial charge in [0, 0.05) is 17.8 Å². The van der Waals surface area contributed by atoms with E-state index in [1.807, 2.05) is 24.3 Å². The molecule has 0 N–H and O–H groups in total. The summed E-state index contributed by atoms with van der Waals surface area (Å²) in [5, 5.41) is 0. The molecule has 0 saturated carbocycles. The third-order valence-electron chi connectivity index (χ3n) is 2.25. The highest BCUT2D eigenvalue weighted by Crippen LogP contribution is 2.26. The molecule has 1 aromatic carbocycles. The van der Waals surface area contributed by atoms with Crippen LogP contribution in [0.1, 0.15) is 12.0 Å². The van der Waals surface area contributed by atoms with Gasteiger partial charge in [-0.3, -0.25) is 4.21 Å². The van der Waals surface area contributed by atoms with Crippen molar-refractivity contribution in [2.24, 2.45) is 0 Å². The minimum absolute atomic E-state index is 0.604. The zero-order chi connectivity index (χ0) is 9.26. The first-order chi connectivity index (χ1) is 6.29. The van der Waals surface area contributed by atoms with Gasteiger partial charge in [0.1, 0.15) is 0 Å². The van der Waals surface area contributed by atoms with E-state index in [9.17, 15) is 8.76 Å². The Labute approximate surface area is 79.8 Å². The van der Waals surface area contributed by atoms with Crippen molar-refractivity contribution in [1.29, 1.82) is 0 Å². The maximum Gasteiger partial charge on any atom is 0.0514 e. The van der Waals surface area contributed by atoms with Crippen molar-refractivity contribution in [3.63, 3.8) is 0 Å². The van der Waals surface area contributed by atoms with Crippen molar-refractivity contribution in [2.75, 3.05) is 10.8 Å². The number of hydrogen-bond donors (Lipinski definition) is 0. The fourth-order valence-electron chi connectivity index (χ4n) is 1.65. The predicted molar refractivity (Wildman–Crippen MR) is 51.0 cm³/mol. The van der Waals surface area contributed by atoms with Crippen LogP contribution in [-0.4, -0.2) is 15.3 Å². The lowest BCUT2D eigenvalue weighted by molar-refractivity contribution is 0.529. The van der Waals surface area contributed by atoms with Gasteiger partial charge in [-0.1, -0.05) is 18.2 Å². The summed E-state index contributed by atoms with van der Waals surface area (Å²) >= 11 is -2.13. The van der Waals surface area contributed by atoms with Gasteiger partial charge in [0.2, 0.25) is 0 Å². The minimum atomic E-state index is -2.13. The first-order valence-corrected chi connectivity index (χ1v) is 5.27. The Bertz CT molecular complexity index is 340. The normalized spacial score (nSPS) is 18.1. The molecule has 1 unspecified atom stereocenters. The summed E-state index contributed by atoms with van der Waals surface area (Å²) in [6, 6.07) is 7.64. The van der Waals surface area contributed by atoms with E-state index in [4.69, 9.17) is 0 Å². The smallest absolute Gasteiger partial charge is 0.0514 e. The Morgan fingerprint density at radius 2 is 2.15 bits per heavy atom. The molecule has 1 aliphatic rings. The molecule has 1 aliphatic heterocycles. The van der Waals surface area contributed by atoms with E-state index in [2.05, 4.69) is 0 Å². The highest BCUT2D eigenvalue weighted by atomic mass is 32.2. The summed E-state index contributed by atoms with van der Waals surface area (Å²) in [6.07, 6.45) is 1.88. The number of fused-ring (bicyclic) bond motifs is 1. The van der Waals surface area contributed by atoms with Crippen LogP contribution in [0.4, 0.5) is 5.69 Å². The molecule has 1 aromatic rings. The second kappa shape index (κ2) is 3.47. The monoisotopic (exact) mass is 196 g/mol. The summed E-state index contributed by atoms with van der Waals surface area (Å²) < 4.78 is 23.1. The molecule has 2 rings (SSSR count). The zero-order valence-electron chi connectivity index (χ0n) is 7.10. The molecular weight excluding hydrogens is 186 g/mol. The molecule has 3 nitrogen and oxygen atoms in total. The molecule has 0 saturated heterocycles. The summed E-state index contributed by atoms with van der Waals surface area (Å²) in [6.45, 7) is 0.604. The predicted octanol–water partition coefficient (Wildman–Crippen LogP) is 1.23. The number of para-hydroxylation sites is 1. The molecule has 0 aromatic heterocycles. The van der Waals surface area contributed by atoms with Crippen molar-refractivity contribution in [3.05, 3.63) is 29.8 Å². The van der Waals surface area contributed by atoms with Gasteiger partial charge in [-0.25, -0.2) is 0 Å². The molecule has 0 amide bonds. The summed E-state index contributed by atoms with van der Waals surface area (Å²) in [5.41, 5.74) is 1.96. The van der Waals surface area contributed by atoms with Crippen molar-refractivity contribution in [3.8, 4) is 0 Å². The van der Waals surface area contributed by atoms with Crippen LogP contribution in [0.3, 0.4) is 0 Å². The average molecular weight is 196 g/mol. The minimum Gasteiger partial charge on any atom is -0.755 e. The van der Waals surface area contributed by atoms with Crippen LogP contribution < -0.4 is 4.31 Å². The Morgan fingerprint density at radius 3 is 2.92 bits per heavy atom. The lowest BCUT2D eigenvalue weighted by Crippen LogP contribution is -2.30. The fourth-order valence-corrected chi connectivity index (χ4v) is 2.27. The Hall–Kier alpha value is -0.870. The SMILES string of the molecule is O=S([O-])N1CCCc2ccccc21. The molecular formula is C9H10NO2S-. The highest BCUT2D eigenvalue weighted by Gasteiger charge is 2.15. The molecule has 0 spiro atoms. The van der Waals surface area contributed by atoms with Gasteiger partial charge in [-0.15, -0.1) is 0 Å². The first-order valence-electron chi connectivity index (χ1n) is 4.24. The molecule has 1 atom stereocenters. The van der Waals surface area contributed by atoms with E-state index in [-0.39, 0.29) is 0 Å². The second-order valence-electron chi connectivity index (χ2n) is 3.05. The largest absolute Gasteiger partial charge is 0.755 e. The molecule has 1 heterocycles. The van der Waals surface area contributed by atoms with E-state index in [1.54, 1.807) is 0 Å². The second-order valence-corrected chi connectivity index (χ2v) is 3.93. The van der Waals surface area contributed by atoms with Crippen molar-refractivity contribution < 1.29 is 8.76 Å². The van der Waals surface area contributed by atoms with E-state index in [0.29, 0.717) is 6.54 Å². The van der Waals surface area contributed by atoms with Crippen LogP contribution in [0.2, 0.25) is 0 Å². The maximum absolute atomic E-state index is 10.8. The number of hydrogen-bond acceptors (Lipinski definition) is 2. The summed E-state index contributed by atoms with van der Waals surface area (Å²) in [7, 11) is 0. The van der Waals surface area contributed by atoms with Crippen LogP contribution >= 0.6 is 0 Å². The molecule has 0 radical (unpaired) electrons. The number of aryl methyl sites for hydroxylation is 1. The molecule has 0 bridgehead atoms. The third kappa shape index (κ3) is 1.59. The van der Waals surface area contributed by atoms with Gasteiger partial charge < -0.3 is 8.86 Å². The van der Waals surface area contributed by atoms with Crippen LogP contribution in [0.15, 0.2) is 24.3 Å². The molecule has 0 aliphatic carbocycles. The van der Waals surface area contributed by atoms with E-state index in [1.165, 1.54) is 4.31 Å². The standard InChI is InChI=1S/C9H11NO2S/c11-13(12)10-7-3-5-8-4-1-2-6-9(8)10/h1-2,4,6H,3,5,7H2,(H,11,12)/p-1. The average Bonchev–Trinajstić information content (AvgIpc) is 2.17. The van der Waals surface area contributed by atoms with Gasteiger partial charge in [0.05, 0.1) is 5.69 Å². The van der Waals surface area contributed by atoms with Crippen LogP contribution in [0.5, 0.6) is 0 Å². The number of rotatable bonds is 1. The highest BCUT2D eigenvalue weighted by molar-refractivity contribution is 7.80. The molecule has 70 valence electrons. The topological polar surface area (TPSA) is 43.4 Å².